The molecule has 0 heterocycles. The van der Waals surface area contributed by atoms with Crippen molar-refractivity contribution in [3.8, 4) is 0 Å². The molecule has 0 bridgehead atoms. The fourth-order valence-corrected chi connectivity index (χ4v) is 1.33. The van der Waals surface area contributed by atoms with E-state index in [1.807, 2.05) is 0 Å². The maximum atomic E-state index is 13.6. The number of nitrogens with zero attached hydrogens (tertiary/aromatic N) is 1. The van der Waals surface area contributed by atoms with E-state index in [0.717, 1.165) is 0 Å². The SMILES string of the molecule is CC(C)(CNC(=O)c1cc(F)c([N+](=O)[O-])cc1F)C(N)=O. The van der Waals surface area contributed by atoms with Gasteiger partial charge in [0.1, 0.15) is 5.82 Å². The molecule has 3 N–H and O–H groups in total. The van der Waals surface area contributed by atoms with Crippen LogP contribution in [0.3, 0.4) is 0 Å². The van der Waals surface area contributed by atoms with Crippen molar-refractivity contribution in [2.24, 2.45) is 11.1 Å². The number of amides is 2. The summed E-state index contributed by atoms with van der Waals surface area (Å²) in [6.07, 6.45) is 0. The highest BCUT2D eigenvalue weighted by Gasteiger charge is 2.27. The Morgan fingerprint density at radius 2 is 1.90 bits per heavy atom. The molecule has 1 aromatic carbocycles. The van der Waals surface area contributed by atoms with Gasteiger partial charge in [-0.15, -0.1) is 0 Å². The van der Waals surface area contributed by atoms with Crippen molar-refractivity contribution < 1.29 is 23.3 Å². The Bertz CT molecular complexity index is 617. The number of nitro benzene ring substituents is 1. The first-order chi connectivity index (χ1) is 9.56. The molecule has 0 fully saturated rings. The molecule has 1 rings (SSSR count). The largest absolute Gasteiger partial charge is 0.369 e. The number of nitro groups is 1. The third kappa shape index (κ3) is 3.71. The molecule has 0 aromatic heterocycles. The number of halogens is 2. The second-order valence-corrected chi connectivity index (χ2v) is 4.97. The van der Waals surface area contributed by atoms with Crippen LogP contribution in [0.5, 0.6) is 0 Å². The lowest BCUT2D eigenvalue weighted by atomic mass is 9.92. The van der Waals surface area contributed by atoms with Gasteiger partial charge in [-0.05, 0) is 19.9 Å². The maximum absolute atomic E-state index is 13.6. The van der Waals surface area contributed by atoms with Gasteiger partial charge in [0.15, 0.2) is 0 Å². The maximum Gasteiger partial charge on any atom is 0.307 e. The van der Waals surface area contributed by atoms with Gasteiger partial charge in [-0.1, -0.05) is 0 Å². The van der Waals surface area contributed by atoms with Crippen LogP contribution >= 0.6 is 0 Å². The van der Waals surface area contributed by atoms with Crippen molar-refractivity contribution in [2.45, 2.75) is 13.8 Å². The van der Waals surface area contributed by atoms with Crippen molar-refractivity contribution in [3.63, 3.8) is 0 Å². The minimum atomic E-state index is -1.33. The van der Waals surface area contributed by atoms with E-state index in [2.05, 4.69) is 5.32 Å². The number of benzene rings is 1. The molecular weight excluding hydrogens is 288 g/mol. The Balaban J connectivity index is 2.97. The van der Waals surface area contributed by atoms with Crippen molar-refractivity contribution >= 4 is 17.5 Å². The molecule has 2 amide bonds. The zero-order chi connectivity index (χ0) is 16.4. The number of primary amides is 1. The standard InChI is InChI=1S/C12H13F2N3O4/c1-12(2,11(15)19)5-16-10(18)6-3-8(14)9(17(20)21)4-7(6)13/h3-4H,5H2,1-2H3,(H2,15,19)(H,16,18). The molecule has 0 aliphatic heterocycles. The average molecular weight is 301 g/mol. The molecule has 0 unspecified atom stereocenters. The molecule has 1 aromatic rings. The molecule has 0 aliphatic carbocycles. The van der Waals surface area contributed by atoms with E-state index < -0.39 is 45.0 Å². The zero-order valence-electron chi connectivity index (χ0n) is 11.3. The normalized spacial score (nSPS) is 11.0. The quantitative estimate of drug-likeness (QED) is 0.626. The van der Waals surface area contributed by atoms with Crippen LogP contribution in [-0.4, -0.2) is 23.3 Å². The van der Waals surface area contributed by atoms with Crippen molar-refractivity contribution in [1.29, 1.82) is 0 Å². The lowest BCUT2D eigenvalue weighted by molar-refractivity contribution is -0.387. The molecule has 0 aliphatic rings. The van der Waals surface area contributed by atoms with Gasteiger partial charge in [-0.25, -0.2) is 4.39 Å². The van der Waals surface area contributed by atoms with Crippen LogP contribution in [0.4, 0.5) is 14.5 Å². The van der Waals surface area contributed by atoms with Gasteiger partial charge >= 0.3 is 5.69 Å². The summed E-state index contributed by atoms with van der Waals surface area (Å²) in [6, 6.07) is 0.754. The predicted octanol–water partition coefficient (Wildman–Crippen LogP) is 1.11. The Morgan fingerprint density at radius 3 is 2.38 bits per heavy atom. The van der Waals surface area contributed by atoms with Gasteiger partial charge in [0, 0.05) is 6.54 Å². The summed E-state index contributed by atoms with van der Waals surface area (Å²) in [6.45, 7) is 2.73. The third-order valence-corrected chi connectivity index (χ3v) is 2.84. The highest BCUT2D eigenvalue weighted by atomic mass is 19.1. The number of hydrogen-bond donors (Lipinski definition) is 2. The van der Waals surface area contributed by atoms with E-state index in [4.69, 9.17) is 5.73 Å². The molecule has 7 nitrogen and oxygen atoms in total. The summed E-state index contributed by atoms with van der Waals surface area (Å²) in [5.41, 5.74) is 2.26. The lowest BCUT2D eigenvalue weighted by Crippen LogP contribution is -2.42. The minimum absolute atomic E-state index is 0.195. The second-order valence-electron chi connectivity index (χ2n) is 4.97. The number of nitrogens with one attached hydrogen (secondary N) is 1. The molecule has 0 saturated heterocycles. The van der Waals surface area contributed by atoms with E-state index in [9.17, 15) is 28.5 Å². The molecule has 0 spiro atoms. The van der Waals surface area contributed by atoms with Crippen LogP contribution in [0.2, 0.25) is 0 Å². The van der Waals surface area contributed by atoms with Gasteiger partial charge in [0.25, 0.3) is 5.91 Å². The summed E-state index contributed by atoms with van der Waals surface area (Å²) in [7, 11) is 0. The molecule has 0 radical (unpaired) electrons. The first kappa shape index (κ1) is 16.5. The molecule has 114 valence electrons. The summed E-state index contributed by atoms with van der Waals surface area (Å²) < 4.78 is 27.0. The number of rotatable bonds is 5. The van der Waals surface area contributed by atoms with Crippen LogP contribution in [0.15, 0.2) is 12.1 Å². The van der Waals surface area contributed by atoms with E-state index in [1.165, 1.54) is 13.8 Å². The fraction of sp³-hybridized carbons (Fsp3) is 0.333. The molecule has 9 heteroatoms. The van der Waals surface area contributed by atoms with Gasteiger partial charge < -0.3 is 11.1 Å². The van der Waals surface area contributed by atoms with E-state index in [1.54, 1.807) is 0 Å². The van der Waals surface area contributed by atoms with E-state index in [0.29, 0.717) is 12.1 Å². The van der Waals surface area contributed by atoms with E-state index in [-0.39, 0.29) is 6.54 Å². The van der Waals surface area contributed by atoms with Crippen molar-refractivity contribution in [1.82, 2.24) is 5.32 Å². The second kappa shape index (κ2) is 5.81. The van der Waals surface area contributed by atoms with Crippen molar-refractivity contribution in [2.75, 3.05) is 6.54 Å². The fourth-order valence-electron chi connectivity index (χ4n) is 1.33. The Hall–Kier alpha value is -2.58. The number of carbonyl (C=O) groups is 2. The smallest absolute Gasteiger partial charge is 0.307 e. The molecular formula is C12H13F2N3O4. The van der Waals surface area contributed by atoms with Crippen LogP contribution in [0, 0.1) is 27.2 Å². The van der Waals surface area contributed by atoms with Crippen molar-refractivity contribution in [3.05, 3.63) is 39.4 Å². The molecule has 0 saturated carbocycles. The Morgan fingerprint density at radius 1 is 1.33 bits per heavy atom. The first-order valence-electron chi connectivity index (χ1n) is 5.78. The monoisotopic (exact) mass is 301 g/mol. The van der Waals surface area contributed by atoms with Crippen LogP contribution < -0.4 is 11.1 Å². The minimum Gasteiger partial charge on any atom is -0.369 e. The lowest BCUT2D eigenvalue weighted by Gasteiger charge is -2.20. The number of carbonyl (C=O) groups excluding carboxylic acids is 2. The zero-order valence-corrected chi connectivity index (χ0v) is 11.3. The highest BCUT2D eigenvalue weighted by molar-refractivity contribution is 5.95. The Labute approximate surface area is 118 Å². The summed E-state index contributed by atoms with van der Waals surface area (Å²) >= 11 is 0. The molecule has 0 atom stereocenters. The van der Waals surface area contributed by atoms with Gasteiger partial charge in [0.05, 0.1) is 22.0 Å². The topological polar surface area (TPSA) is 115 Å². The van der Waals surface area contributed by atoms with Gasteiger partial charge in [-0.3, -0.25) is 19.7 Å². The summed E-state index contributed by atoms with van der Waals surface area (Å²) in [5, 5.41) is 12.7. The van der Waals surface area contributed by atoms with Crippen LogP contribution in [-0.2, 0) is 4.79 Å². The predicted molar refractivity (Wildman–Crippen MR) is 68.3 cm³/mol. The number of nitrogens with two attached hydrogens (primary N) is 1. The van der Waals surface area contributed by atoms with Crippen LogP contribution in [0.25, 0.3) is 0 Å². The van der Waals surface area contributed by atoms with E-state index >= 15 is 0 Å². The third-order valence-electron chi connectivity index (χ3n) is 2.84. The summed E-state index contributed by atoms with van der Waals surface area (Å²) in [5.74, 6) is -4.26. The highest BCUT2D eigenvalue weighted by Crippen LogP contribution is 2.21. The van der Waals surface area contributed by atoms with Crippen LogP contribution in [0.1, 0.15) is 24.2 Å². The van der Waals surface area contributed by atoms with Gasteiger partial charge in [-0.2, -0.15) is 4.39 Å². The Kier molecular flexibility index (Phi) is 4.56. The van der Waals surface area contributed by atoms with Gasteiger partial charge in [0.2, 0.25) is 11.7 Å². The average Bonchev–Trinajstić information content (AvgIpc) is 2.37. The summed E-state index contributed by atoms with van der Waals surface area (Å²) in [4.78, 5) is 32.1. The number of hydrogen-bond acceptors (Lipinski definition) is 4. The first-order valence-corrected chi connectivity index (χ1v) is 5.78. The molecule has 21 heavy (non-hydrogen) atoms.